The summed E-state index contributed by atoms with van der Waals surface area (Å²) in [4.78, 5) is 15.8. The number of nitrogens with zero attached hydrogens (tertiary/aromatic N) is 1. The second-order valence-electron chi connectivity index (χ2n) is 4.34. The maximum absolute atomic E-state index is 13.5. The van der Waals surface area contributed by atoms with Crippen LogP contribution in [0.3, 0.4) is 0 Å². The molecule has 2 N–H and O–H groups in total. The third-order valence-electron chi connectivity index (χ3n) is 2.74. The van der Waals surface area contributed by atoms with Crippen LogP contribution < -0.4 is 10.6 Å². The van der Waals surface area contributed by atoms with E-state index in [2.05, 4.69) is 15.6 Å². The first-order valence-electron chi connectivity index (χ1n) is 6.10. The fourth-order valence-corrected chi connectivity index (χ4v) is 2.83. The summed E-state index contributed by atoms with van der Waals surface area (Å²) in [6.45, 7) is 0. The normalized spacial score (nSPS) is 10.7. The van der Waals surface area contributed by atoms with Crippen LogP contribution in [0.4, 0.5) is 24.4 Å². The Labute approximate surface area is 132 Å². The van der Waals surface area contributed by atoms with Gasteiger partial charge in [-0.15, -0.1) is 0 Å². The van der Waals surface area contributed by atoms with Gasteiger partial charge in [0, 0.05) is 16.8 Å². The number of thiazole rings is 1. The Bertz CT molecular complexity index is 851. The minimum atomic E-state index is -0.766. The van der Waals surface area contributed by atoms with Crippen LogP contribution in [0.5, 0.6) is 0 Å². The van der Waals surface area contributed by atoms with Crippen LogP contribution in [0.25, 0.3) is 10.2 Å². The molecule has 112 valence electrons. The van der Waals surface area contributed by atoms with Crippen LogP contribution in [0.2, 0.25) is 5.02 Å². The van der Waals surface area contributed by atoms with Crippen LogP contribution in [0.15, 0.2) is 36.4 Å². The fourth-order valence-electron chi connectivity index (χ4n) is 1.80. The predicted molar refractivity (Wildman–Crippen MR) is 83.6 cm³/mol. The van der Waals surface area contributed by atoms with Gasteiger partial charge in [-0.1, -0.05) is 22.9 Å². The number of fused-ring (bicyclic) bond motifs is 1. The van der Waals surface area contributed by atoms with Crippen LogP contribution in [0, 0.1) is 11.6 Å². The molecule has 4 nitrogen and oxygen atoms in total. The molecule has 0 aliphatic heterocycles. The number of amides is 2. The molecular weight excluding hydrogens is 332 g/mol. The molecule has 0 atom stereocenters. The van der Waals surface area contributed by atoms with Gasteiger partial charge in [-0.3, -0.25) is 5.32 Å². The highest BCUT2D eigenvalue weighted by molar-refractivity contribution is 7.22. The molecule has 0 aliphatic rings. The molecule has 1 heterocycles. The first-order valence-corrected chi connectivity index (χ1v) is 7.30. The molecule has 0 spiro atoms. The Morgan fingerprint density at radius 1 is 1.14 bits per heavy atom. The summed E-state index contributed by atoms with van der Waals surface area (Å²) < 4.78 is 27.0. The zero-order chi connectivity index (χ0) is 15.7. The van der Waals surface area contributed by atoms with Crippen molar-refractivity contribution in [2.24, 2.45) is 0 Å². The highest BCUT2D eigenvalue weighted by Crippen LogP contribution is 2.28. The van der Waals surface area contributed by atoms with Gasteiger partial charge in [-0.05, 0) is 30.3 Å². The molecule has 22 heavy (non-hydrogen) atoms. The number of carbonyl (C=O) groups is 1. The zero-order valence-corrected chi connectivity index (χ0v) is 12.4. The first-order chi connectivity index (χ1) is 10.5. The number of halogens is 3. The van der Waals surface area contributed by atoms with E-state index in [1.165, 1.54) is 6.07 Å². The van der Waals surface area contributed by atoms with Crippen molar-refractivity contribution in [2.45, 2.75) is 0 Å². The summed E-state index contributed by atoms with van der Waals surface area (Å²) in [5, 5.41) is 5.78. The standard InChI is InChI=1S/C14H8ClF2N3OS/c15-7-1-3-9(4-2-7)18-13(21)20-14-19-12-10(17)5-8(16)6-11(12)22-14/h1-6H,(H2,18,19,20,21). The Hall–Kier alpha value is -2.25. The summed E-state index contributed by atoms with van der Waals surface area (Å²) in [6, 6.07) is 7.91. The number of rotatable bonds is 2. The largest absolute Gasteiger partial charge is 0.325 e. The number of aromatic nitrogens is 1. The smallest absolute Gasteiger partial charge is 0.308 e. The molecule has 0 saturated heterocycles. The first kappa shape index (κ1) is 14.7. The predicted octanol–water partition coefficient (Wildman–Crippen LogP) is 4.87. The average molecular weight is 340 g/mol. The van der Waals surface area contributed by atoms with Crippen molar-refractivity contribution < 1.29 is 13.6 Å². The van der Waals surface area contributed by atoms with Gasteiger partial charge in [0.1, 0.15) is 11.3 Å². The number of carbonyl (C=O) groups excluding carboxylic acids is 1. The van der Waals surface area contributed by atoms with Crippen LogP contribution in [-0.4, -0.2) is 11.0 Å². The van der Waals surface area contributed by atoms with Crippen molar-refractivity contribution in [3.05, 3.63) is 53.1 Å². The molecule has 2 aromatic carbocycles. The average Bonchev–Trinajstić information content (AvgIpc) is 2.84. The quantitative estimate of drug-likeness (QED) is 0.699. The molecule has 0 saturated carbocycles. The molecular formula is C14H8ClF2N3OS. The lowest BCUT2D eigenvalue weighted by Gasteiger charge is -2.04. The van der Waals surface area contributed by atoms with E-state index in [-0.39, 0.29) is 10.6 Å². The number of hydrogen-bond donors (Lipinski definition) is 2. The zero-order valence-electron chi connectivity index (χ0n) is 10.9. The van der Waals surface area contributed by atoms with Crippen molar-refractivity contribution in [2.75, 3.05) is 10.6 Å². The van der Waals surface area contributed by atoms with E-state index in [1.807, 2.05) is 0 Å². The van der Waals surface area contributed by atoms with E-state index in [1.54, 1.807) is 24.3 Å². The van der Waals surface area contributed by atoms with Gasteiger partial charge in [0.25, 0.3) is 0 Å². The van der Waals surface area contributed by atoms with E-state index in [0.29, 0.717) is 15.4 Å². The summed E-state index contributed by atoms with van der Waals surface area (Å²) >= 11 is 6.73. The van der Waals surface area contributed by atoms with Gasteiger partial charge in [-0.2, -0.15) is 0 Å². The maximum atomic E-state index is 13.5. The molecule has 0 bridgehead atoms. The van der Waals surface area contributed by atoms with Crippen molar-refractivity contribution in [1.82, 2.24) is 4.98 Å². The molecule has 2 amide bonds. The summed E-state index contributed by atoms with van der Waals surface area (Å²) in [7, 11) is 0. The van der Waals surface area contributed by atoms with Crippen LogP contribution in [0.1, 0.15) is 0 Å². The summed E-state index contributed by atoms with van der Waals surface area (Å²) in [5.74, 6) is -1.46. The van der Waals surface area contributed by atoms with Crippen LogP contribution >= 0.6 is 22.9 Å². The van der Waals surface area contributed by atoms with Gasteiger partial charge in [-0.25, -0.2) is 18.6 Å². The summed E-state index contributed by atoms with van der Waals surface area (Å²) in [6.07, 6.45) is 0. The Morgan fingerprint density at radius 3 is 2.59 bits per heavy atom. The van der Waals surface area contributed by atoms with Crippen molar-refractivity contribution in [3.8, 4) is 0 Å². The minimum absolute atomic E-state index is 0.0215. The SMILES string of the molecule is O=C(Nc1ccc(Cl)cc1)Nc1nc2c(F)cc(F)cc2s1. The monoisotopic (exact) mass is 339 g/mol. The molecule has 8 heteroatoms. The molecule has 0 fully saturated rings. The van der Waals surface area contributed by atoms with E-state index >= 15 is 0 Å². The van der Waals surface area contributed by atoms with Gasteiger partial charge in [0.05, 0.1) is 4.70 Å². The molecule has 0 unspecified atom stereocenters. The summed E-state index contributed by atoms with van der Waals surface area (Å²) in [5.41, 5.74) is 0.563. The van der Waals surface area contributed by atoms with Crippen molar-refractivity contribution >= 4 is 50.0 Å². The number of nitrogens with one attached hydrogen (secondary N) is 2. The number of anilines is 2. The highest BCUT2D eigenvalue weighted by Gasteiger charge is 2.12. The second-order valence-corrected chi connectivity index (χ2v) is 5.81. The van der Waals surface area contributed by atoms with Gasteiger partial charge in [0.15, 0.2) is 10.9 Å². The van der Waals surface area contributed by atoms with E-state index < -0.39 is 17.7 Å². The lowest BCUT2D eigenvalue weighted by molar-refractivity contribution is 0.262. The van der Waals surface area contributed by atoms with Gasteiger partial charge < -0.3 is 5.32 Å². The Morgan fingerprint density at radius 2 is 1.86 bits per heavy atom. The molecule has 0 radical (unpaired) electrons. The lowest BCUT2D eigenvalue weighted by atomic mass is 10.3. The van der Waals surface area contributed by atoms with Gasteiger partial charge in [0.2, 0.25) is 0 Å². The minimum Gasteiger partial charge on any atom is -0.308 e. The number of hydrogen-bond acceptors (Lipinski definition) is 3. The highest BCUT2D eigenvalue weighted by atomic mass is 35.5. The van der Waals surface area contributed by atoms with E-state index in [9.17, 15) is 13.6 Å². The molecule has 3 aromatic rings. The van der Waals surface area contributed by atoms with Gasteiger partial charge >= 0.3 is 6.03 Å². The Kier molecular flexibility index (Phi) is 3.91. The maximum Gasteiger partial charge on any atom is 0.325 e. The third-order valence-corrected chi connectivity index (χ3v) is 3.91. The fraction of sp³-hybridized carbons (Fsp3) is 0. The second kappa shape index (κ2) is 5.86. The third kappa shape index (κ3) is 3.15. The van der Waals surface area contributed by atoms with E-state index in [0.717, 1.165) is 17.4 Å². The lowest BCUT2D eigenvalue weighted by Crippen LogP contribution is -2.19. The van der Waals surface area contributed by atoms with Crippen molar-refractivity contribution in [1.29, 1.82) is 0 Å². The molecule has 3 rings (SSSR count). The Balaban J connectivity index is 1.76. The van der Waals surface area contributed by atoms with Crippen molar-refractivity contribution in [3.63, 3.8) is 0 Å². The number of urea groups is 1. The molecule has 0 aliphatic carbocycles. The van der Waals surface area contributed by atoms with Crippen LogP contribution in [-0.2, 0) is 0 Å². The topological polar surface area (TPSA) is 54.0 Å². The number of benzene rings is 2. The molecule has 1 aromatic heterocycles. The van der Waals surface area contributed by atoms with E-state index in [4.69, 9.17) is 11.6 Å².